The van der Waals surface area contributed by atoms with E-state index in [2.05, 4.69) is 5.32 Å². The topological polar surface area (TPSA) is 49.3 Å². The van der Waals surface area contributed by atoms with Crippen LogP contribution in [0.5, 0.6) is 0 Å². The van der Waals surface area contributed by atoms with Gasteiger partial charge in [-0.25, -0.2) is 0 Å². The minimum absolute atomic E-state index is 0.110. The highest BCUT2D eigenvalue weighted by Gasteiger charge is 2.16. The first-order chi connectivity index (χ1) is 10.6. The Bertz CT molecular complexity index is 628. The van der Waals surface area contributed by atoms with Crippen molar-refractivity contribution >= 4 is 17.5 Å². The van der Waals surface area contributed by atoms with E-state index in [1.807, 2.05) is 37.3 Å². The van der Waals surface area contributed by atoms with Crippen molar-refractivity contribution in [1.82, 2.24) is 5.32 Å². The lowest BCUT2D eigenvalue weighted by molar-refractivity contribution is 0.0931. The molecule has 0 radical (unpaired) electrons. The molecule has 2 aromatic carbocycles. The Morgan fingerprint density at radius 3 is 2.59 bits per heavy atom. The number of aliphatic hydroxyl groups is 1. The molecule has 116 valence electrons. The van der Waals surface area contributed by atoms with Gasteiger partial charge in [0.25, 0.3) is 5.91 Å². The maximum absolute atomic E-state index is 12.5. The van der Waals surface area contributed by atoms with Gasteiger partial charge in [0.1, 0.15) is 0 Å². The molecule has 0 saturated heterocycles. The van der Waals surface area contributed by atoms with Crippen molar-refractivity contribution in [3.8, 4) is 0 Å². The highest BCUT2D eigenvalue weighted by Crippen LogP contribution is 2.20. The van der Waals surface area contributed by atoms with Gasteiger partial charge in [0, 0.05) is 17.2 Å². The van der Waals surface area contributed by atoms with Crippen LogP contribution in [0.3, 0.4) is 0 Å². The Morgan fingerprint density at radius 1 is 1.23 bits per heavy atom. The third-order valence-electron chi connectivity index (χ3n) is 3.59. The van der Waals surface area contributed by atoms with Crippen LogP contribution in [0.2, 0.25) is 5.02 Å². The zero-order valence-corrected chi connectivity index (χ0v) is 13.3. The fourth-order valence-corrected chi connectivity index (χ4v) is 2.65. The molecule has 0 heterocycles. The van der Waals surface area contributed by atoms with Crippen LogP contribution in [0.1, 0.15) is 40.4 Å². The van der Waals surface area contributed by atoms with E-state index in [-0.39, 0.29) is 18.6 Å². The number of carbonyl (C=O) groups excluding carboxylic acids is 1. The van der Waals surface area contributed by atoms with Crippen molar-refractivity contribution in [2.75, 3.05) is 6.61 Å². The van der Waals surface area contributed by atoms with Crippen LogP contribution >= 0.6 is 11.6 Å². The van der Waals surface area contributed by atoms with Crippen LogP contribution in [-0.4, -0.2) is 17.6 Å². The minimum atomic E-state index is -0.124. The first-order valence-electron chi connectivity index (χ1n) is 7.34. The summed E-state index contributed by atoms with van der Waals surface area (Å²) in [5.41, 5.74) is 2.50. The van der Waals surface area contributed by atoms with Gasteiger partial charge in [-0.1, -0.05) is 41.9 Å². The number of rotatable bonds is 6. The molecule has 0 fully saturated rings. The first kappa shape index (κ1) is 16.5. The average molecular weight is 318 g/mol. The second-order valence-electron chi connectivity index (χ2n) is 5.26. The Kier molecular flexibility index (Phi) is 5.99. The van der Waals surface area contributed by atoms with Gasteiger partial charge >= 0.3 is 0 Å². The van der Waals surface area contributed by atoms with Gasteiger partial charge in [0.05, 0.1) is 6.04 Å². The Hall–Kier alpha value is -1.84. The lowest BCUT2D eigenvalue weighted by atomic mass is 10.0. The fraction of sp³-hybridized carbons (Fsp3) is 0.278. The van der Waals surface area contributed by atoms with Crippen molar-refractivity contribution in [2.24, 2.45) is 0 Å². The van der Waals surface area contributed by atoms with E-state index in [0.717, 1.165) is 11.1 Å². The molecule has 1 amide bonds. The average Bonchev–Trinajstić information content (AvgIpc) is 2.52. The summed E-state index contributed by atoms with van der Waals surface area (Å²) in [6.45, 7) is 1.98. The van der Waals surface area contributed by atoms with Crippen molar-refractivity contribution < 1.29 is 9.90 Å². The van der Waals surface area contributed by atoms with E-state index < -0.39 is 0 Å². The lowest BCUT2D eigenvalue weighted by Crippen LogP contribution is -2.29. The zero-order valence-electron chi connectivity index (χ0n) is 12.6. The van der Waals surface area contributed by atoms with Gasteiger partial charge in [-0.2, -0.15) is 0 Å². The molecule has 0 aromatic heterocycles. The predicted octanol–water partition coefficient (Wildman–Crippen LogP) is 3.89. The first-order valence-corrected chi connectivity index (χ1v) is 7.72. The van der Waals surface area contributed by atoms with Crippen LogP contribution in [-0.2, 0) is 0 Å². The van der Waals surface area contributed by atoms with Gasteiger partial charge in [0.2, 0.25) is 0 Å². The predicted molar refractivity (Wildman–Crippen MR) is 89.2 cm³/mol. The quantitative estimate of drug-likeness (QED) is 0.849. The van der Waals surface area contributed by atoms with Gasteiger partial charge in [-0.05, 0) is 49.1 Å². The number of hydrogen-bond acceptors (Lipinski definition) is 2. The molecular formula is C18H20ClNO2. The molecule has 0 bridgehead atoms. The second kappa shape index (κ2) is 7.97. The van der Waals surface area contributed by atoms with E-state index in [1.165, 1.54) is 0 Å². The molecule has 1 unspecified atom stereocenters. The summed E-state index contributed by atoms with van der Waals surface area (Å²) in [4.78, 5) is 12.5. The van der Waals surface area contributed by atoms with E-state index in [4.69, 9.17) is 16.7 Å². The van der Waals surface area contributed by atoms with Crippen molar-refractivity contribution in [3.05, 3.63) is 70.2 Å². The molecular weight excluding hydrogens is 298 g/mol. The van der Waals surface area contributed by atoms with Gasteiger partial charge in [-0.3, -0.25) is 4.79 Å². The maximum atomic E-state index is 12.5. The van der Waals surface area contributed by atoms with Crippen molar-refractivity contribution in [2.45, 2.75) is 25.8 Å². The number of aryl methyl sites for hydroxylation is 1. The molecule has 2 aromatic rings. The SMILES string of the molecule is Cc1cc(Cl)ccc1C(=O)NC(CCCO)c1ccccc1. The van der Waals surface area contributed by atoms with E-state index in [0.29, 0.717) is 23.4 Å². The molecule has 2 N–H and O–H groups in total. The van der Waals surface area contributed by atoms with E-state index in [9.17, 15) is 4.79 Å². The zero-order chi connectivity index (χ0) is 15.9. The van der Waals surface area contributed by atoms with Gasteiger partial charge in [0.15, 0.2) is 0 Å². The number of carbonyl (C=O) groups is 1. The molecule has 0 aliphatic heterocycles. The van der Waals surface area contributed by atoms with Crippen LogP contribution in [0.25, 0.3) is 0 Å². The Labute approximate surface area is 135 Å². The normalized spacial score (nSPS) is 12.0. The molecule has 0 aliphatic rings. The van der Waals surface area contributed by atoms with Crippen LogP contribution < -0.4 is 5.32 Å². The number of aliphatic hydroxyl groups excluding tert-OH is 1. The summed E-state index contributed by atoms with van der Waals surface area (Å²) in [5, 5.41) is 12.7. The summed E-state index contributed by atoms with van der Waals surface area (Å²) in [7, 11) is 0. The summed E-state index contributed by atoms with van der Waals surface area (Å²) in [6, 6.07) is 14.9. The molecule has 22 heavy (non-hydrogen) atoms. The molecule has 0 aliphatic carbocycles. The molecule has 4 heteroatoms. The molecule has 2 rings (SSSR count). The largest absolute Gasteiger partial charge is 0.396 e. The Balaban J connectivity index is 2.17. The highest BCUT2D eigenvalue weighted by atomic mass is 35.5. The number of amides is 1. The van der Waals surface area contributed by atoms with Gasteiger partial charge in [-0.15, -0.1) is 0 Å². The van der Waals surface area contributed by atoms with Crippen molar-refractivity contribution in [1.29, 1.82) is 0 Å². The molecule has 0 saturated carbocycles. The number of hydrogen-bond donors (Lipinski definition) is 2. The second-order valence-corrected chi connectivity index (χ2v) is 5.70. The van der Waals surface area contributed by atoms with Crippen LogP contribution in [0, 0.1) is 6.92 Å². The number of nitrogens with one attached hydrogen (secondary N) is 1. The minimum Gasteiger partial charge on any atom is -0.396 e. The lowest BCUT2D eigenvalue weighted by Gasteiger charge is -2.19. The fourth-order valence-electron chi connectivity index (χ4n) is 2.42. The number of halogens is 1. The summed E-state index contributed by atoms with van der Waals surface area (Å²) in [6.07, 6.45) is 1.33. The monoisotopic (exact) mass is 317 g/mol. The summed E-state index contributed by atoms with van der Waals surface area (Å²) < 4.78 is 0. The van der Waals surface area contributed by atoms with E-state index in [1.54, 1.807) is 18.2 Å². The molecule has 3 nitrogen and oxygen atoms in total. The van der Waals surface area contributed by atoms with Crippen LogP contribution in [0.4, 0.5) is 0 Å². The smallest absolute Gasteiger partial charge is 0.252 e. The van der Waals surface area contributed by atoms with E-state index >= 15 is 0 Å². The molecule has 0 spiro atoms. The molecule has 1 atom stereocenters. The summed E-state index contributed by atoms with van der Waals surface area (Å²) >= 11 is 5.93. The third kappa shape index (κ3) is 4.33. The van der Waals surface area contributed by atoms with Crippen LogP contribution in [0.15, 0.2) is 48.5 Å². The third-order valence-corrected chi connectivity index (χ3v) is 3.83. The maximum Gasteiger partial charge on any atom is 0.252 e. The summed E-state index contributed by atoms with van der Waals surface area (Å²) in [5.74, 6) is -0.124. The highest BCUT2D eigenvalue weighted by molar-refractivity contribution is 6.30. The van der Waals surface area contributed by atoms with Gasteiger partial charge < -0.3 is 10.4 Å². The Morgan fingerprint density at radius 2 is 1.95 bits per heavy atom. The standard InChI is InChI=1S/C18H20ClNO2/c1-13-12-15(19)9-10-16(13)18(22)20-17(8-5-11-21)14-6-3-2-4-7-14/h2-4,6-7,9-10,12,17,21H,5,8,11H2,1H3,(H,20,22). The number of benzene rings is 2. The van der Waals surface area contributed by atoms with Crippen molar-refractivity contribution in [3.63, 3.8) is 0 Å².